The number of carbonyl (C=O) groups excluding carboxylic acids is 3. The highest BCUT2D eigenvalue weighted by molar-refractivity contribution is 7.80. The molecule has 148 valence electrons. The van der Waals surface area contributed by atoms with Gasteiger partial charge in [0.1, 0.15) is 17.1 Å². The number of ether oxygens (including phenoxy) is 1. The van der Waals surface area contributed by atoms with Crippen molar-refractivity contribution >= 4 is 58.4 Å². The van der Waals surface area contributed by atoms with Crippen molar-refractivity contribution < 1.29 is 23.5 Å². The maximum absolute atomic E-state index is 12.9. The molecular formula is C19H13ClFN3O4S. The molecule has 7 nitrogen and oxygen atoms in total. The van der Waals surface area contributed by atoms with Crippen molar-refractivity contribution in [1.82, 2.24) is 10.6 Å². The minimum Gasteiger partial charge on any atom is -0.483 e. The van der Waals surface area contributed by atoms with Crippen LogP contribution in [0.25, 0.3) is 6.08 Å². The topological polar surface area (TPSA) is 96.5 Å². The summed E-state index contributed by atoms with van der Waals surface area (Å²) in [6.07, 6.45) is 1.28. The Morgan fingerprint density at radius 1 is 1.14 bits per heavy atom. The maximum atomic E-state index is 12.9. The molecule has 0 spiro atoms. The number of carbonyl (C=O) groups is 3. The third-order valence-electron chi connectivity index (χ3n) is 3.70. The molecule has 2 aromatic carbocycles. The van der Waals surface area contributed by atoms with Gasteiger partial charge in [-0.2, -0.15) is 0 Å². The van der Waals surface area contributed by atoms with Crippen LogP contribution in [-0.2, 0) is 14.4 Å². The number of thiocarbonyl (C=S) groups is 1. The van der Waals surface area contributed by atoms with E-state index in [0.29, 0.717) is 16.3 Å². The largest absolute Gasteiger partial charge is 0.483 e. The van der Waals surface area contributed by atoms with Gasteiger partial charge in [0.15, 0.2) is 11.7 Å². The summed E-state index contributed by atoms with van der Waals surface area (Å²) in [5.74, 6) is -2.01. The van der Waals surface area contributed by atoms with E-state index >= 15 is 0 Å². The second kappa shape index (κ2) is 8.80. The van der Waals surface area contributed by atoms with Crippen LogP contribution in [0.3, 0.4) is 0 Å². The molecule has 2 aromatic rings. The first-order valence-corrected chi connectivity index (χ1v) is 8.96. The SMILES string of the molecule is O=C(COc1ccc(Cl)cc1C=C1C(=O)NC(=S)NC1=O)Nc1ccc(F)cc1. The Hall–Kier alpha value is -3.30. The molecule has 1 aliphatic heterocycles. The molecule has 0 atom stereocenters. The Bertz CT molecular complexity index is 1020. The summed E-state index contributed by atoms with van der Waals surface area (Å²) in [5.41, 5.74) is 0.534. The van der Waals surface area contributed by atoms with Crippen molar-refractivity contribution in [3.05, 3.63) is 64.4 Å². The van der Waals surface area contributed by atoms with E-state index in [9.17, 15) is 18.8 Å². The molecule has 1 fully saturated rings. The zero-order valence-corrected chi connectivity index (χ0v) is 16.2. The van der Waals surface area contributed by atoms with Crippen LogP contribution >= 0.6 is 23.8 Å². The number of anilines is 1. The summed E-state index contributed by atoms with van der Waals surface area (Å²) in [6, 6.07) is 9.77. The Morgan fingerprint density at radius 3 is 2.45 bits per heavy atom. The minimum absolute atomic E-state index is 0.0859. The smallest absolute Gasteiger partial charge is 0.263 e. The average molecular weight is 434 g/mol. The summed E-state index contributed by atoms with van der Waals surface area (Å²) in [6.45, 7) is -0.363. The number of rotatable bonds is 5. The third kappa shape index (κ3) is 5.37. The predicted molar refractivity (Wildman–Crippen MR) is 109 cm³/mol. The van der Waals surface area contributed by atoms with Crippen molar-refractivity contribution in [1.29, 1.82) is 0 Å². The number of halogens is 2. The lowest BCUT2D eigenvalue weighted by Crippen LogP contribution is -2.51. The van der Waals surface area contributed by atoms with Gasteiger partial charge in [-0.1, -0.05) is 11.6 Å². The molecule has 1 aliphatic rings. The Balaban J connectivity index is 1.75. The van der Waals surface area contributed by atoms with E-state index in [-0.39, 0.29) is 23.0 Å². The van der Waals surface area contributed by atoms with Crippen LogP contribution < -0.4 is 20.7 Å². The minimum atomic E-state index is -0.668. The van der Waals surface area contributed by atoms with Gasteiger partial charge in [0.05, 0.1) is 0 Å². The van der Waals surface area contributed by atoms with Crippen LogP contribution in [0.4, 0.5) is 10.1 Å². The maximum Gasteiger partial charge on any atom is 0.263 e. The van der Waals surface area contributed by atoms with Gasteiger partial charge in [0, 0.05) is 16.3 Å². The fourth-order valence-electron chi connectivity index (χ4n) is 2.40. The molecular weight excluding hydrogens is 421 g/mol. The number of nitrogens with one attached hydrogen (secondary N) is 3. The van der Waals surface area contributed by atoms with Crippen molar-refractivity contribution in [2.75, 3.05) is 11.9 Å². The number of benzene rings is 2. The van der Waals surface area contributed by atoms with Gasteiger partial charge in [0.2, 0.25) is 0 Å². The highest BCUT2D eigenvalue weighted by atomic mass is 35.5. The van der Waals surface area contributed by atoms with Gasteiger partial charge in [-0.15, -0.1) is 0 Å². The van der Waals surface area contributed by atoms with E-state index < -0.39 is 23.5 Å². The third-order valence-corrected chi connectivity index (χ3v) is 4.14. The van der Waals surface area contributed by atoms with Crippen LogP contribution in [0.1, 0.15) is 5.56 Å². The molecule has 29 heavy (non-hydrogen) atoms. The summed E-state index contributed by atoms with van der Waals surface area (Å²) < 4.78 is 18.4. The van der Waals surface area contributed by atoms with Crippen molar-refractivity contribution in [2.45, 2.75) is 0 Å². The van der Waals surface area contributed by atoms with Crippen LogP contribution in [0.2, 0.25) is 5.02 Å². The van der Waals surface area contributed by atoms with Gasteiger partial charge in [-0.05, 0) is 60.8 Å². The summed E-state index contributed by atoms with van der Waals surface area (Å²) in [4.78, 5) is 36.1. The molecule has 0 aliphatic carbocycles. The van der Waals surface area contributed by atoms with Gasteiger partial charge < -0.3 is 10.1 Å². The zero-order valence-electron chi connectivity index (χ0n) is 14.6. The second-order valence-electron chi connectivity index (χ2n) is 5.82. The van der Waals surface area contributed by atoms with Gasteiger partial charge in [-0.25, -0.2) is 4.39 Å². The van der Waals surface area contributed by atoms with Crippen molar-refractivity contribution in [3.63, 3.8) is 0 Å². The van der Waals surface area contributed by atoms with Crippen LogP contribution in [0.15, 0.2) is 48.0 Å². The first-order valence-electron chi connectivity index (χ1n) is 8.18. The molecule has 3 amide bonds. The zero-order chi connectivity index (χ0) is 21.0. The Kier molecular flexibility index (Phi) is 6.20. The van der Waals surface area contributed by atoms with Gasteiger partial charge in [0.25, 0.3) is 17.7 Å². The lowest BCUT2D eigenvalue weighted by atomic mass is 10.1. The van der Waals surface area contributed by atoms with Crippen molar-refractivity contribution in [3.8, 4) is 5.75 Å². The molecule has 3 N–H and O–H groups in total. The lowest BCUT2D eigenvalue weighted by Gasteiger charge is -2.17. The average Bonchev–Trinajstić information content (AvgIpc) is 2.66. The highest BCUT2D eigenvalue weighted by Crippen LogP contribution is 2.26. The summed E-state index contributed by atoms with van der Waals surface area (Å²) in [7, 11) is 0. The molecule has 1 heterocycles. The van der Waals surface area contributed by atoms with Crippen molar-refractivity contribution in [2.24, 2.45) is 0 Å². The quantitative estimate of drug-likeness (QED) is 0.382. The molecule has 0 bridgehead atoms. The molecule has 0 saturated carbocycles. The van der Waals surface area contributed by atoms with Gasteiger partial charge in [-0.3, -0.25) is 25.0 Å². The normalized spacial score (nSPS) is 13.4. The van der Waals surface area contributed by atoms with E-state index in [1.165, 1.54) is 48.5 Å². The lowest BCUT2D eigenvalue weighted by molar-refractivity contribution is -0.123. The predicted octanol–water partition coefficient (Wildman–Crippen LogP) is 2.41. The number of hydrogen-bond acceptors (Lipinski definition) is 5. The van der Waals surface area contributed by atoms with E-state index in [1.54, 1.807) is 0 Å². The summed E-state index contributed by atoms with van der Waals surface area (Å²) in [5, 5.41) is 7.46. The molecule has 3 rings (SSSR count). The highest BCUT2D eigenvalue weighted by Gasteiger charge is 2.26. The van der Waals surface area contributed by atoms with E-state index in [0.717, 1.165) is 0 Å². The first kappa shape index (κ1) is 20.4. The molecule has 0 aromatic heterocycles. The molecule has 0 unspecified atom stereocenters. The van der Waals surface area contributed by atoms with Crippen LogP contribution in [0.5, 0.6) is 5.75 Å². The van der Waals surface area contributed by atoms with E-state index in [1.807, 2.05) is 0 Å². The molecule has 0 radical (unpaired) electrons. The fourth-order valence-corrected chi connectivity index (χ4v) is 2.76. The van der Waals surface area contributed by atoms with E-state index in [2.05, 4.69) is 16.0 Å². The molecule has 10 heteroatoms. The second-order valence-corrected chi connectivity index (χ2v) is 6.67. The standard InChI is InChI=1S/C19H13ClFN3O4S/c20-11-1-6-15(28-9-16(25)22-13-4-2-12(21)3-5-13)10(7-11)8-14-17(26)23-19(29)24-18(14)27/h1-8H,9H2,(H,22,25)(H2,23,24,26,27,29). The Morgan fingerprint density at radius 2 is 1.79 bits per heavy atom. The molecule has 1 saturated heterocycles. The first-order chi connectivity index (χ1) is 13.8. The van der Waals surface area contributed by atoms with Crippen LogP contribution in [0, 0.1) is 5.82 Å². The fraction of sp³-hybridized carbons (Fsp3) is 0.0526. The van der Waals surface area contributed by atoms with Crippen LogP contribution in [-0.4, -0.2) is 29.4 Å². The monoisotopic (exact) mass is 433 g/mol. The van der Waals surface area contributed by atoms with Gasteiger partial charge >= 0.3 is 0 Å². The van der Waals surface area contributed by atoms with E-state index in [4.69, 9.17) is 28.6 Å². The summed E-state index contributed by atoms with van der Waals surface area (Å²) >= 11 is 10.7. The number of amides is 3. The Labute approximate surface area is 174 Å². The number of hydrogen-bond donors (Lipinski definition) is 3.